The Bertz CT molecular complexity index is 1570. The first kappa shape index (κ1) is 17.2. The maximum absolute atomic E-state index is 6.26. The van der Waals surface area contributed by atoms with E-state index in [9.17, 15) is 0 Å². The minimum absolute atomic E-state index is 0.351. The van der Waals surface area contributed by atoms with Gasteiger partial charge in [0.05, 0.1) is 5.69 Å². The zero-order valence-corrected chi connectivity index (χ0v) is 17.0. The second-order valence-corrected chi connectivity index (χ2v) is 8.24. The van der Waals surface area contributed by atoms with Crippen LogP contribution in [0.15, 0.2) is 89.5 Å². The van der Waals surface area contributed by atoms with Crippen molar-refractivity contribution >= 4 is 43.5 Å². The molecule has 6 rings (SSSR count). The summed E-state index contributed by atoms with van der Waals surface area (Å²) in [5.41, 5.74) is 5.30. The molecule has 0 unspecified atom stereocenters. The molecule has 0 bridgehead atoms. The van der Waals surface area contributed by atoms with Crippen LogP contribution in [0.1, 0.15) is 25.3 Å². The average molecular weight is 387 g/mol. The van der Waals surface area contributed by atoms with E-state index in [1.807, 2.05) is 18.3 Å². The molecule has 2 heteroatoms. The van der Waals surface area contributed by atoms with Gasteiger partial charge in [-0.2, -0.15) is 0 Å². The highest BCUT2D eigenvalue weighted by Crippen LogP contribution is 2.39. The van der Waals surface area contributed by atoms with E-state index in [1.54, 1.807) is 0 Å². The molecule has 0 aliphatic carbocycles. The Morgan fingerprint density at radius 2 is 1.50 bits per heavy atom. The molecule has 4 aromatic carbocycles. The van der Waals surface area contributed by atoms with Crippen molar-refractivity contribution in [3.63, 3.8) is 0 Å². The predicted octanol–water partition coefficient (Wildman–Crippen LogP) is 8.08. The predicted molar refractivity (Wildman–Crippen MR) is 126 cm³/mol. The summed E-state index contributed by atoms with van der Waals surface area (Å²) in [6.07, 6.45) is 1.93. The van der Waals surface area contributed by atoms with Gasteiger partial charge in [0.2, 0.25) is 0 Å². The molecule has 0 amide bonds. The molecule has 0 saturated heterocycles. The van der Waals surface area contributed by atoms with Gasteiger partial charge >= 0.3 is 0 Å². The SMILES string of the molecule is CC(C)c1cc(-c2nccc3c2ccc2ccccc23)cc2c1oc1ccccc12. The third-order valence-corrected chi connectivity index (χ3v) is 6.07. The average Bonchev–Trinajstić information content (AvgIpc) is 3.16. The van der Waals surface area contributed by atoms with Crippen LogP contribution in [0.5, 0.6) is 0 Å². The first-order chi connectivity index (χ1) is 14.7. The third kappa shape index (κ3) is 2.47. The van der Waals surface area contributed by atoms with Crippen molar-refractivity contribution < 1.29 is 4.42 Å². The van der Waals surface area contributed by atoms with Crippen molar-refractivity contribution in [2.75, 3.05) is 0 Å². The molecule has 0 aliphatic rings. The van der Waals surface area contributed by atoms with Crippen molar-refractivity contribution in [3.05, 3.63) is 90.6 Å². The second kappa shape index (κ2) is 6.43. The van der Waals surface area contributed by atoms with E-state index in [4.69, 9.17) is 9.40 Å². The van der Waals surface area contributed by atoms with Crippen molar-refractivity contribution in [3.8, 4) is 11.3 Å². The Labute approximate surface area is 174 Å². The number of aromatic nitrogens is 1. The van der Waals surface area contributed by atoms with Crippen molar-refractivity contribution in [1.82, 2.24) is 4.98 Å². The summed E-state index contributed by atoms with van der Waals surface area (Å²) in [4.78, 5) is 4.83. The first-order valence-corrected chi connectivity index (χ1v) is 10.4. The van der Waals surface area contributed by atoms with Gasteiger partial charge in [0.15, 0.2) is 0 Å². The number of furan rings is 1. The van der Waals surface area contributed by atoms with Gasteiger partial charge < -0.3 is 4.42 Å². The summed E-state index contributed by atoms with van der Waals surface area (Å²) >= 11 is 0. The van der Waals surface area contributed by atoms with Gasteiger partial charge in [-0.05, 0) is 51.9 Å². The molecule has 6 aromatic rings. The van der Waals surface area contributed by atoms with Crippen molar-refractivity contribution in [2.45, 2.75) is 19.8 Å². The fraction of sp³-hybridized carbons (Fsp3) is 0.107. The van der Waals surface area contributed by atoms with E-state index in [-0.39, 0.29) is 0 Å². The Morgan fingerprint density at radius 1 is 0.700 bits per heavy atom. The lowest BCUT2D eigenvalue weighted by Gasteiger charge is -2.12. The minimum atomic E-state index is 0.351. The molecule has 144 valence electrons. The molecular formula is C28H21NO. The first-order valence-electron chi connectivity index (χ1n) is 10.4. The minimum Gasteiger partial charge on any atom is -0.456 e. The number of hydrogen-bond donors (Lipinski definition) is 0. The van der Waals surface area contributed by atoms with Gasteiger partial charge in [-0.25, -0.2) is 0 Å². The van der Waals surface area contributed by atoms with Crippen LogP contribution >= 0.6 is 0 Å². The van der Waals surface area contributed by atoms with E-state index >= 15 is 0 Å². The van der Waals surface area contributed by atoms with Gasteiger partial charge in [-0.15, -0.1) is 0 Å². The molecule has 0 N–H and O–H groups in total. The number of hydrogen-bond acceptors (Lipinski definition) is 2. The fourth-order valence-electron chi connectivity index (χ4n) is 4.59. The normalized spacial score (nSPS) is 12.0. The molecule has 0 radical (unpaired) electrons. The summed E-state index contributed by atoms with van der Waals surface area (Å²) in [6.45, 7) is 4.44. The molecule has 0 saturated carbocycles. The fourth-order valence-corrected chi connectivity index (χ4v) is 4.59. The van der Waals surface area contributed by atoms with Crippen LogP contribution in [-0.4, -0.2) is 4.98 Å². The van der Waals surface area contributed by atoms with Gasteiger partial charge in [-0.3, -0.25) is 4.98 Å². The van der Waals surface area contributed by atoms with E-state index in [0.717, 1.165) is 33.2 Å². The van der Waals surface area contributed by atoms with E-state index in [1.165, 1.54) is 27.1 Å². The van der Waals surface area contributed by atoms with Crippen LogP contribution in [0, 0.1) is 0 Å². The highest BCUT2D eigenvalue weighted by molar-refractivity contribution is 6.13. The number of benzene rings is 4. The van der Waals surface area contributed by atoms with Crippen LogP contribution < -0.4 is 0 Å². The zero-order valence-electron chi connectivity index (χ0n) is 17.0. The van der Waals surface area contributed by atoms with Crippen LogP contribution in [0.2, 0.25) is 0 Å². The lowest BCUT2D eigenvalue weighted by molar-refractivity contribution is 0.657. The number of rotatable bonds is 2. The van der Waals surface area contributed by atoms with E-state index in [0.29, 0.717) is 5.92 Å². The van der Waals surface area contributed by atoms with E-state index < -0.39 is 0 Å². The molecule has 2 aromatic heterocycles. The van der Waals surface area contributed by atoms with Crippen LogP contribution in [-0.2, 0) is 0 Å². The molecule has 2 heterocycles. The van der Waals surface area contributed by atoms with Crippen LogP contribution in [0.3, 0.4) is 0 Å². The summed E-state index contributed by atoms with van der Waals surface area (Å²) in [5, 5.41) is 7.24. The largest absolute Gasteiger partial charge is 0.456 e. The second-order valence-electron chi connectivity index (χ2n) is 8.24. The lowest BCUT2D eigenvalue weighted by Crippen LogP contribution is -1.92. The lowest BCUT2D eigenvalue weighted by atomic mass is 9.93. The van der Waals surface area contributed by atoms with Crippen molar-refractivity contribution in [1.29, 1.82) is 0 Å². The maximum atomic E-state index is 6.26. The molecular weight excluding hydrogens is 366 g/mol. The highest BCUT2D eigenvalue weighted by Gasteiger charge is 2.17. The quantitative estimate of drug-likeness (QED) is 0.281. The number of pyridine rings is 1. The summed E-state index contributed by atoms with van der Waals surface area (Å²) in [6, 6.07) is 27.8. The molecule has 0 fully saturated rings. The molecule has 0 aliphatic heterocycles. The standard InChI is InChI=1S/C28H21NO/c1-17(2)24-15-19(16-25-22-9-5-6-10-26(22)30-28(24)25)27-23-12-11-18-7-3-4-8-20(18)21(23)13-14-29-27/h3-17H,1-2H3. The zero-order chi connectivity index (χ0) is 20.2. The third-order valence-electron chi connectivity index (χ3n) is 6.07. The van der Waals surface area contributed by atoms with E-state index in [2.05, 4.69) is 80.6 Å². The molecule has 2 nitrogen and oxygen atoms in total. The van der Waals surface area contributed by atoms with Gasteiger partial charge in [0, 0.05) is 27.9 Å². The summed E-state index contributed by atoms with van der Waals surface area (Å²) in [5.74, 6) is 0.351. The number of para-hydroxylation sites is 1. The topological polar surface area (TPSA) is 26.0 Å². The van der Waals surface area contributed by atoms with Gasteiger partial charge in [0.25, 0.3) is 0 Å². The monoisotopic (exact) mass is 387 g/mol. The Hall–Kier alpha value is -3.65. The van der Waals surface area contributed by atoms with Crippen LogP contribution in [0.25, 0.3) is 54.7 Å². The number of nitrogens with zero attached hydrogens (tertiary/aromatic N) is 1. The Balaban J connectivity index is 1.71. The number of fused-ring (bicyclic) bond motifs is 6. The molecule has 0 atom stereocenters. The van der Waals surface area contributed by atoms with Crippen molar-refractivity contribution in [2.24, 2.45) is 0 Å². The summed E-state index contributed by atoms with van der Waals surface area (Å²) < 4.78 is 6.26. The van der Waals surface area contributed by atoms with Gasteiger partial charge in [0.1, 0.15) is 11.2 Å². The Kier molecular flexibility index (Phi) is 3.69. The van der Waals surface area contributed by atoms with Crippen LogP contribution in [0.4, 0.5) is 0 Å². The highest BCUT2D eigenvalue weighted by atomic mass is 16.3. The van der Waals surface area contributed by atoms with Gasteiger partial charge in [-0.1, -0.05) is 68.4 Å². The Morgan fingerprint density at radius 3 is 2.37 bits per heavy atom. The molecule has 30 heavy (non-hydrogen) atoms. The molecule has 0 spiro atoms. The summed E-state index contributed by atoms with van der Waals surface area (Å²) in [7, 11) is 0. The maximum Gasteiger partial charge on any atom is 0.138 e. The smallest absolute Gasteiger partial charge is 0.138 e.